The zero-order valence-electron chi connectivity index (χ0n) is 14.0. The van der Waals surface area contributed by atoms with Crippen molar-refractivity contribution in [1.29, 1.82) is 0 Å². The van der Waals surface area contributed by atoms with Gasteiger partial charge in [0.05, 0.1) is 6.61 Å². The predicted octanol–water partition coefficient (Wildman–Crippen LogP) is 1.29. The highest BCUT2D eigenvalue weighted by molar-refractivity contribution is 5.97. The zero-order valence-corrected chi connectivity index (χ0v) is 14.0. The molecule has 0 bridgehead atoms. The number of aliphatic hydroxyl groups is 1. The van der Waals surface area contributed by atoms with Gasteiger partial charge in [-0.15, -0.1) is 0 Å². The van der Waals surface area contributed by atoms with Crippen molar-refractivity contribution in [2.75, 3.05) is 0 Å². The average molecular weight is 356 g/mol. The third-order valence-corrected chi connectivity index (χ3v) is 3.87. The van der Waals surface area contributed by atoms with Gasteiger partial charge in [0.15, 0.2) is 0 Å². The highest BCUT2D eigenvalue weighted by Crippen LogP contribution is 2.21. The summed E-state index contributed by atoms with van der Waals surface area (Å²) in [6.45, 7) is -0.0593. The van der Waals surface area contributed by atoms with Crippen LogP contribution >= 0.6 is 0 Å². The zero-order chi connectivity index (χ0) is 19.1. The molecule has 0 fully saturated rings. The first-order valence-corrected chi connectivity index (χ1v) is 8.03. The molecule has 0 radical (unpaired) electrons. The minimum Gasteiger partial charge on any atom is -0.480 e. The lowest BCUT2D eigenvalue weighted by Crippen LogP contribution is -2.41. The van der Waals surface area contributed by atoms with Gasteiger partial charge >= 0.3 is 5.97 Å². The van der Waals surface area contributed by atoms with Crippen LogP contribution in [0.3, 0.4) is 0 Å². The van der Waals surface area contributed by atoms with E-state index in [0.29, 0.717) is 5.56 Å². The number of amides is 2. The van der Waals surface area contributed by atoms with Crippen molar-refractivity contribution in [3.05, 3.63) is 59.7 Å². The number of aliphatic hydroxyl groups excluding tert-OH is 1. The minimum absolute atomic E-state index is 0.0593. The van der Waals surface area contributed by atoms with Crippen molar-refractivity contribution in [3.63, 3.8) is 0 Å². The lowest BCUT2D eigenvalue weighted by Gasteiger charge is -2.14. The van der Waals surface area contributed by atoms with E-state index in [1.807, 2.05) is 24.3 Å². The summed E-state index contributed by atoms with van der Waals surface area (Å²) in [6.07, 6.45) is -0.195. The monoisotopic (exact) mass is 356 g/mol. The van der Waals surface area contributed by atoms with Gasteiger partial charge in [-0.05, 0) is 41.3 Å². The van der Waals surface area contributed by atoms with Crippen molar-refractivity contribution in [2.45, 2.75) is 25.5 Å². The Morgan fingerprint density at radius 2 is 1.73 bits per heavy atom. The van der Waals surface area contributed by atoms with Crippen LogP contribution in [0.4, 0.5) is 0 Å². The number of carbonyl (C=O) groups excluding carboxylic acids is 2. The maximum Gasteiger partial charge on any atom is 0.326 e. The number of hydrogen-bond acceptors (Lipinski definition) is 4. The SMILES string of the molecule is NC(=O)CC[C@H](NC(=O)c1ccc(-c2cccc(CO)c2)cc1)C(=O)O. The maximum absolute atomic E-state index is 12.2. The molecular formula is C19H20N2O5. The van der Waals surface area contributed by atoms with Crippen LogP contribution in [0, 0.1) is 0 Å². The fourth-order valence-electron chi connectivity index (χ4n) is 2.45. The van der Waals surface area contributed by atoms with Crippen LogP contribution in [0.15, 0.2) is 48.5 Å². The van der Waals surface area contributed by atoms with Crippen molar-refractivity contribution in [1.82, 2.24) is 5.32 Å². The van der Waals surface area contributed by atoms with Crippen LogP contribution in [0.25, 0.3) is 11.1 Å². The molecule has 0 heterocycles. The summed E-state index contributed by atoms with van der Waals surface area (Å²) in [5.41, 5.74) is 7.86. The summed E-state index contributed by atoms with van der Waals surface area (Å²) in [6, 6.07) is 12.8. The number of rotatable bonds is 8. The molecule has 0 aliphatic carbocycles. The summed E-state index contributed by atoms with van der Waals surface area (Å²) in [5.74, 6) is -2.39. The van der Waals surface area contributed by atoms with Gasteiger partial charge in [-0.1, -0.05) is 30.3 Å². The third-order valence-electron chi connectivity index (χ3n) is 3.87. The van der Waals surface area contributed by atoms with E-state index in [1.165, 1.54) is 0 Å². The highest BCUT2D eigenvalue weighted by atomic mass is 16.4. The van der Waals surface area contributed by atoms with Gasteiger partial charge in [-0.25, -0.2) is 4.79 Å². The second-order valence-corrected chi connectivity index (χ2v) is 5.81. The Morgan fingerprint density at radius 1 is 1.04 bits per heavy atom. The summed E-state index contributed by atoms with van der Waals surface area (Å²) in [4.78, 5) is 34.2. The normalized spacial score (nSPS) is 11.6. The Labute approximate surface area is 150 Å². The molecule has 0 saturated heterocycles. The number of nitrogens with two attached hydrogens (primary N) is 1. The number of carbonyl (C=O) groups is 3. The van der Waals surface area contributed by atoms with Gasteiger partial charge in [0.1, 0.15) is 6.04 Å². The number of hydrogen-bond donors (Lipinski definition) is 4. The molecule has 1 atom stereocenters. The van der Waals surface area contributed by atoms with E-state index in [0.717, 1.165) is 16.7 Å². The molecule has 2 aromatic rings. The number of primary amides is 1. The Morgan fingerprint density at radius 3 is 2.31 bits per heavy atom. The van der Waals surface area contributed by atoms with Crippen LogP contribution in [0.2, 0.25) is 0 Å². The first-order valence-electron chi connectivity index (χ1n) is 8.03. The van der Waals surface area contributed by atoms with Crippen LogP contribution in [0.1, 0.15) is 28.8 Å². The third kappa shape index (κ3) is 5.15. The molecule has 5 N–H and O–H groups in total. The van der Waals surface area contributed by atoms with Crippen molar-refractivity contribution in [2.24, 2.45) is 5.73 Å². The maximum atomic E-state index is 12.2. The van der Waals surface area contributed by atoms with Gasteiger partial charge in [0, 0.05) is 12.0 Å². The fraction of sp³-hybridized carbons (Fsp3) is 0.211. The van der Waals surface area contributed by atoms with Crippen LogP contribution in [-0.4, -0.2) is 34.0 Å². The second-order valence-electron chi connectivity index (χ2n) is 5.81. The Bertz CT molecular complexity index is 802. The van der Waals surface area contributed by atoms with Gasteiger partial charge < -0.3 is 21.3 Å². The van der Waals surface area contributed by atoms with Gasteiger partial charge in [0.25, 0.3) is 5.91 Å². The largest absolute Gasteiger partial charge is 0.480 e. The number of aliphatic carboxylic acids is 1. The molecule has 2 rings (SSSR count). The molecule has 0 aliphatic rings. The van der Waals surface area contributed by atoms with Crippen LogP contribution < -0.4 is 11.1 Å². The molecule has 7 heteroatoms. The first-order chi connectivity index (χ1) is 12.4. The van der Waals surface area contributed by atoms with Gasteiger partial charge in [-0.2, -0.15) is 0 Å². The standard InChI is InChI=1S/C19H20N2O5/c20-17(23)9-8-16(19(25)26)21-18(24)14-6-4-13(5-7-14)15-3-1-2-12(10-15)11-22/h1-7,10,16,22H,8-9,11H2,(H2,20,23)(H,21,24)(H,25,26)/t16-/m0/s1. The molecule has 0 aliphatic heterocycles. The Hall–Kier alpha value is -3.19. The summed E-state index contributed by atoms with van der Waals surface area (Å²) < 4.78 is 0. The fourth-order valence-corrected chi connectivity index (χ4v) is 2.45. The molecule has 2 aromatic carbocycles. The molecule has 26 heavy (non-hydrogen) atoms. The second kappa shape index (κ2) is 8.77. The van der Waals surface area contributed by atoms with Crippen molar-refractivity contribution < 1.29 is 24.6 Å². The lowest BCUT2D eigenvalue weighted by molar-refractivity contribution is -0.139. The average Bonchev–Trinajstić information content (AvgIpc) is 2.64. The van der Waals surface area contributed by atoms with E-state index in [9.17, 15) is 19.5 Å². The molecule has 136 valence electrons. The number of benzene rings is 2. The van der Waals surface area contributed by atoms with Crippen molar-refractivity contribution >= 4 is 17.8 Å². The van der Waals surface area contributed by atoms with Gasteiger partial charge in [0.2, 0.25) is 5.91 Å². The topological polar surface area (TPSA) is 130 Å². The molecular weight excluding hydrogens is 336 g/mol. The van der Waals surface area contributed by atoms with E-state index in [-0.39, 0.29) is 19.4 Å². The molecule has 2 amide bonds. The number of carboxylic acid groups (broad SMARTS) is 1. The molecule has 0 spiro atoms. The summed E-state index contributed by atoms with van der Waals surface area (Å²) in [5, 5.41) is 20.7. The molecule has 0 unspecified atom stereocenters. The van der Waals surface area contributed by atoms with E-state index < -0.39 is 23.8 Å². The Balaban J connectivity index is 2.09. The van der Waals surface area contributed by atoms with Gasteiger partial charge in [-0.3, -0.25) is 9.59 Å². The minimum atomic E-state index is -1.22. The smallest absolute Gasteiger partial charge is 0.326 e. The number of nitrogens with one attached hydrogen (secondary N) is 1. The molecule has 0 aromatic heterocycles. The van der Waals surface area contributed by atoms with E-state index in [4.69, 9.17) is 10.8 Å². The number of carboxylic acids is 1. The Kier molecular flexibility index (Phi) is 6.46. The molecule has 7 nitrogen and oxygen atoms in total. The van der Waals surface area contributed by atoms with E-state index in [2.05, 4.69) is 5.32 Å². The van der Waals surface area contributed by atoms with Crippen LogP contribution in [0.5, 0.6) is 0 Å². The van der Waals surface area contributed by atoms with Crippen LogP contribution in [-0.2, 0) is 16.2 Å². The predicted molar refractivity (Wildman–Crippen MR) is 95.1 cm³/mol. The summed E-state index contributed by atoms with van der Waals surface area (Å²) >= 11 is 0. The van der Waals surface area contributed by atoms with E-state index in [1.54, 1.807) is 24.3 Å². The molecule has 0 saturated carbocycles. The summed E-state index contributed by atoms with van der Waals surface area (Å²) in [7, 11) is 0. The van der Waals surface area contributed by atoms with Crippen molar-refractivity contribution in [3.8, 4) is 11.1 Å². The first kappa shape index (κ1) is 19.1. The lowest BCUT2D eigenvalue weighted by atomic mass is 10.0. The highest BCUT2D eigenvalue weighted by Gasteiger charge is 2.21. The quantitative estimate of drug-likeness (QED) is 0.566. The van der Waals surface area contributed by atoms with E-state index >= 15 is 0 Å².